The van der Waals surface area contributed by atoms with E-state index < -0.39 is 11.9 Å². The summed E-state index contributed by atoms with van der Waals surface area (Å²) in [6.45, 7) is 0.654. The van der Waals surface area contributed by atoms with Crippen LogP contribution < -0.4 is 15.8 Å². The molecule has 7 heteroatoms. The van der Waals surface area contributed by atoms with Crippen LogP contribution >= 0.6 is 0 Å². The largest absolute Gasteiger partial charge is 0.507 e. The average molecular weight is 268 g/mol. The van der Waals surface area contributed by atoms with Crippen LogP contribution in [0.4, 0.5) is 0 Å². The molecule has 1 aromatic rings. The first kappa shape index (κ1) is 14.8. The van der Waals surface area contributed by atoms with Crippen molar-refractivity contribution in [2.75, 3.05) is 19.7 Å². The number of aliphatic carboxylic acids is 1. The summed E-state index contributed by atoms with van der Waals surface area (Å²) in [5.74, 6) is -1.37. The van der Waals surface area contributed by atoms with Gasteiger partial charge in [0.05, 0.1) is 12.0 Å². The molecule has 0 aliphatic heterocycles. The summed E-state index contributed by atoms with van der Waals surface area (Å²) in [4.78, 5) is 21.9. The van der Waals surface area contributed by atoms with Gasteiger partial charge in [0.25, 0.3) is 5.91 Å². The highest BCUT2D eigenvalue weighted by atomic mass is 16.5. The molecule has 0 radical (unpaired) electrons. The van der Waals surface area contributed by atoms with Crippen LogP contribution in [0.25, 0.3) is 0 Å². The van der Waals surface area contributed by atoms with Crippen LogP contribution in [0.5, 0.6) is 11.5 Å². The molecule has 0 saturated heterocycles. The second-order valence-corrected chi connectivity index (χ2v) is 3.72. The number of carbonyl (C=O) groups excluding carboxylic acids is 1. The summed E-state index contributed by atoms with van der Waals surface area (Å²) in [6.07, 6.45) is -0.176. The molecule has 0 unspecified atom stereocenters. The molecule has 0 aromatic heterocycles. The minimum absolute atomic E-state index is 0.000961. The zero-order valence-corrected chi connectivity index (χ0v) is 10.3. The van der Waals surface area contributed by atoms with Gasteiger partial charge >= 0.3 is 5.97 Å². The number of hydrogen-bond donors (Lipinski definition) is 4. The first-order valence-corrected chi connectivity index (χ1v) is 5.70. The molecular formula is C12H16N2O5. The summed E-state index contributed by atoms with van der Waals surface area (Å²) in [5, 5.41) is 20.5. The lowest BCUT2D eigenvalue weighted by molar-refractivity contribution is -0.136. The number of hydrogen-bond acceptors (Lipinski definition) is 5. The fraction of sp³-hybridized carbons (Fsp3) is 0.333. The van der Waals surface area contributed by atoms with Crippen molar-refractivity contribution in [1.29, 1.82) is 0 Å². The minimum Gasteiger partial charge on any atom is -0.507 e. The number of ether oxygens (including phenoxy) is 1. The van der Waals surface area contributed by atoms with Crippen molar-refractivity contribution in [3.05, 3.63) is 23.8 Å². The van der Waals surface area contributed by atoms with Crippen molar-refractivity contribution in [1.82, 2.24) is 5.32 Å². The molecule has 1 amide bonds. The Hall–Kier alpha value is -2.28. The zero-order chi connectivity index (χ0) is 14.3. The number of amides is 1. The van der Waals surface area contributed by atoms with Crippen molar-refractivity contribution in [2.45, 2.75) is 6.42 Å². The molecule has 5 N–H and O–H groups in total. The molecule has 0 atom stereocenters. The molecule has 0 saturated carbocycles. The van der Waals surface area contributed by atoms with Crippen LogP contribution in [0.1, 0.15) is 16.8 Å². The molecule has 1 rings (SSSR count). The molecule has 0 fully saturated rings. The van der Waals surface area contributed by atoms with Crippen molar-refractivity contribution >= 4 is 11.9 Å². The number of benzene rings is 1. The molecular weight excluding hydrogens is 252 g/mol. The quantitative estimate of drug-likeness (QED) is 0.549. The molecule has 7 nitrogen and oxygen atoms in total. The van der Waals surface area contributed by atoms with Gasteiger partial charge in [-0.25, -0.2) is 0 Å². The van der Waals surface area contributed by atoms with Gasteiger partial charge in [-0.3, -0.25) is 9.59 Å². The van der Waals surface area contributed by atoms with Gasteiger partial charge in [0.2, 0.25) is 0 Å². The van der Waals surface area contributed by atoms with E-state index in [1.807, 2.05) is 0 Å². The minimum atomic E-state index is -1.00. The van der Waals surface area contributed by atoms with Gasteiger partial charge < -0.3 is 26.0 Å². The Morgan fingerprint density at radius 1 is 1.37 bits per heavy atom. The number of phenolic OH excluding ortho intramolecular Hbond substituents is 1. The van der Waals surface area contributed by atoms with Crippen LogP contribution in [-0.4, -0.2) is 41.8 Å². The SMILES string of the molecule is NCCOc1ccc(C(=O)NCCC(=O)O)c(O)c1. The molecule has 19 heavy (non-hydrogen) atoms. The molecule has 0 aliphatic rings. The molecule has 104 valence electrons. The number of phenols is 1. The lowest BCUT2D eigenvalue weighted by atomic mass is 10.1. The normalized spacial score (nSPS) is 9.95. The lowest BCUT2D eigenvalue weighted by Gasteiger charge is -2.08. The third kappa shape index (κ3) is 4.84. The summed E-state index contributed by atoms with van der Waals surface area (Å²) < 4.78 is 5.19. The van der Waals surface area contributed by atoms with Gasteiger partial charge in [0.15, 0.2) is 0 Å². The maximum Gasteiger partial charge on any atom is 0.305 e. The van der Waals surface area contributed by atoms with Crippen LogP contribution in [-0.2, 0) is 4.79 Å². The maximum absolute atomic E-state index is 11.6. The van der Waals surface area contributed by atoms with Crippen molar-refractivity contribution < 1.29 is 24.5 Å². The number of carboxylic acids is 1. The molecule has 1 aromatic carbocycles. The number of carboxylic acid groups (broad SMARTS) is 1. The Kier molecular flexibility index (Phi) is 5.62. The highest BCUT2D eigenvalue weighted by molar-refractivity contribution is 5.97. The summed E-state index contributed by atoms with van der Waals surface area (Å²) in [7, 11) is 0. The smallest absolute Gasteiger partial charge is 0.305 e. The van der Waals surface area contributed by atoms with E-state index in [4.69, 9.17) is 15.6 Å². The van der Waals surface area contributed by atoms with E-state index in [0.29, 0.717) is 18.9 Å². The maximum atomic E-state index is 11.6. The summed E-state index contributed by atoms with van der Waals surface area (Å²) >= 11 is 0. The lowest BCUT2D eigenvalue weighted by Crippen LogP contribution is -2.26. The van der Waals surface area contributed by atoms with Gasteiger partial charge in [-0.2, -0.15) is 0 Å². The molecule has 0 aliphatic carbocycles. The predicted molar refractivity (Wildman–Crippen MR) is 67.2 cm³/mol. The average Bonchev–Trinajstić information content (AvgIpc) is 2.35. The van der Waals surface area contributed by atoms with E-state index >= 15 is 0 Å². The fourth-order valence-corrected chi connectivity index (χ4v) is 1.35. The van der Waals surface area contributed by atoms with E-state index in [1.54, 1.807) is 0 Å². The van der Waals surface area contributed by atoms with Crippen LogP contribution in [0.3, 0.4) is 0 Å². The van der Waals surface area contributed by atoms with Crippen molar-refractivity contribution in [3.63, 3.8) is 0 Å². The number of carbonyl (C=O) groups is 2. The van der Waals surface area contributed by atoms with Gasteiger partial charge in [-0.1, -0.05) is 0 Å². The van der Waals surface area contributed by atoms with Gasteiger partial charge in [0.1, 0.15) is 18.1 Å². The number of nitrogens with two attached hydrogens (primary N) is 1. The highest BCUT2D eigenvalue weighted by Crippen LogP contribution is 2.23. The zero-order valence-electron chi connectivity index (χ0n) is 10.3. The second-order valence-electron chi connectivity index (χ2n) is 3.72. The third-order valence-corrected chi connectivity index (χ3v) is 2.22. The number of nitrogens with one attached hydrogen (secondary N) is 1. The van der Waals surface area contributed by atoms with Gasteiger partial charge in [-0.05, 0) is 12.1 Å². The van der Waals surface area contributed by atoms with E-state index in [2.05, 4.69) is 5.32 Å². The molecule has 0 spiro atoms. The van der Waals surface area contributed by atoms with E-state index in [-0.39, 0.29) is 24.3 Å². The van der Waals surface area contributed by atoms with Crippen molar-refractivity contribution in [2.24, 2.45) is 5.73 Å². The number of aromatic hydroxyl groups is 1. The van der Waals surface area contributed by atoms with Crippen molar-refractivity contribution in [3.8, 4) is 11.5 Å². The summed E-state index contributed by atoms with van der Waals surface area (Å²) in [5.41, 5.74) is 5.33. The Labute approximate surface area is 110 Å². The van der Waals surface area contributed by atoms with Crippen LogP contribution in [0.2, 0.25) is 0 Å². The highest BCUT2D eigenvalue weighted by Gasteiger charge is 2.12. The topological polar surface area (TPSA) is 122 Å². The Morgan fingerprint density at radius 3 is 2.68 bits per heavy atom. The summed E-state index contributed by atoms with van der Waals surface area (Å²) in [6, 6.07) is 4.24. The van der Waals surface area contributed by atoms with E-state index in [0.717, 1.165) is 0 Å². The van der Waals surface area contributed by atoms with Gasteiger partial charge in [-0.15, -0.1) is 0 Å². The second kappa shape index (κ2) is 7.22. The Morgan fingerprint density at radius 2 is 2.11 bits per heavy atom. The van der Waals surface area contributed by atoms with E-state index in [9.17, 15) is 14.7 Å². The first-order chi connectivity index (χ1) is 9.04. The molecule has 0 heterocycles. The Balaban J connectivity index is 2.62. The fourth-order valence-electron chi connectivity index (χ4n) is 1.35. The van der Waals surface area contributed by atoms with Crippen LogP contribution in [0.15, 0.2) is 18.2 Å². The molecule has 0 bridgehead atoms. The van der Waals surface area contributed by atoms with E-state index in [1.165, 1.54) is 18.2 Å². The van der Waals surface area contributed by atoms with Gasteiger partial charge in [0, 0.05) is 19.2 Å². The number of rotatable bonds is 7. The van der Waals surface area contributed by atoms with Crippen LogP contribution in [0, 0.1) is 0 Å². The predicted octanol–water partition coefficient (Wildman–Crippen LogP) is -0.0658. The Bertz CT molecular complexity index is 461. The standard InChI is InChI=1S/C12H16N2O5/c13-4-6-19-8-1-2-9(10(15)7-8)12(18)14-5-3-11(16)17/h1-2,7,15H,3-6,13H2,(H,14,18)(H,16,17). The monoisotopic (exact) mass is 268 g/mol. The third-order valence-electron chi connectivity index (χ3n) is 2.22. The first-order valence-electron chi connectivity index (χ1n) is 5.70.